The van der Waals surface area contributed by atoms with E-state index in [1.807, 2.05) is 6.92 Å². The first kappa shape index (κ1) is 17.0. The Labute approximate surface area is 136 Å². The third kappa shape index (κ3) is 3.50. The molecular weight excluding hydrogens is 298 g/mol. The molecule has 0 spiro atoms. The summed E-state index contributed by atoms with van der Waals surface area (Å²) in [6.07, 6.45) is 3.29. The highest BCUT2D eigenvalue weighted by molar-refractivity contribution is 6.31. The number of fused-ring (bicyclic) bond motifs is 1. The van der Waals surface area contributed by atoms with Crippen molar-refractivity contribution in [3.8, 4) is 0 Å². The predicted molar refractivity (Wildman–Crippen MR) is 91.4 cm³/mol. The second-order valence-corrected chi connectivity index (χ2v) is 6.01. The van der Waals surface area contributed by atoms with Crippen LogP contribution in [0.1, 0.15) is 51.9 Å². The van der Waals surface area contributed by atoms with Crippen LogP contribution in [-0.4, -0.2) is 16.1 Å². The van der Waals surface area contributed by atoms with Crippen molar-refractivity contribution in [3.05, 3.63) is 39.4 Å². The first-order chi connectivity index (χ1) is 10.6. The first-order valence-electron chi connectivity index (χ1n) is 8.15. The molecule has 0 aliphatic rings. The summed E-state index contributed by atoms with van der Waals surface area (Å²) in [6, 6.07) is 5.50. The van der Waals surface area contributed by atoms with Gasteiger partial charge in [-0.25, -0.2) is 4.98 Å². The number of nitrogens with zero attached hydrogens (tertiary/aromatic N) is 2. The van der Waals surface area contributed by atoms with Crippen molar-refractivity contribution in [1.82, 2.24) is 9.55 Å². The van der Waals surface area contributed by atoms with Gasteiger partial charge in [0.05, 0.1) is 17.4 Å². The zero-order valence-corrected chi connectivity index (χ0v) is 14.4. The normalized spacial score (nSPS) is 12.7. The fraction of sp³-hybridized carbons (Fsp3) is 0.529. The topological polar surface area (TPSA) is 51.5 Å². The van der Waals surface area contributed by atoms with Gasteiger partial charge < -0.3 is 5.32 Å². The largest absolute Gasteiger partial charge is 0.338 e. The molecule has 1 atom stereocenters. The van der Waals surface area contributed by atoms with E-state index in [1.165, 1.54) is 12.8 Å². The van der Waals surface area contributed by atoms with Gasteiger partial charge in [-0.15, -0.1) is 0 Å². The van der Waals surface area contributed by atoms with Crippen LogP contribution in [0.15, 0.2) is 23.0 Å². The minimum atomic E-state index is 0.0292. The van der Waals surface area contributed by atoms with Gasteiger partial charge in [0.25, 0.3) is 5.56 Å². The lowest BCUT2D eigenvalue weighted by atomic mass is 10.1. The molecule has 0 unspecified atom stereocenters. The number of aromatic nitrogens is 2. The Morgan fingerprint density at radius 3 is 2.73 bits per heavy atom. The lowest BCUT2D eigenvalue weighted by Gasteiger charge is -2.18. The first-order valence-corrected chi connectivity index (χ1v) is 8.53. The van der Waals surface area contributed by atoms with E-state index in [4.69, 9.17) is 16.6 Å². The molecule has 0 saturated carbocycles. The molecule has 0 aliphatic heterocycles. The van der Waals surface area contributed by atoms with Gasteiger partial charge in [0, 0.05) is 18.0 Å². The van der Waals surface area contributed by atoms with E-state index < -0.39 is 0 Å². The van der Waals surface area contributed by atoms with Crippen LogP contribution in [0, 0.1) is 0 Å². The van der Waals surface area contributed by atoms with Gasteiger partial charge in [-0.1, -0.05) is 31.9 Å². The molecule has 1 aromatic heterocycles. The average Bonchev–Trinajstić information content (AvgIpc) is 2.51. The third-order valence-corrected chi connectivity index (χ3v) is 4.28. The van der Waals surface area contributed by atoms with Crippen LogP contribution in [0.5, 0.6) is 0 Å². The summed E-state index contributed by atoms with van der Waals surface area (Å²) < 4.78 is 1.80. The number of quaternary nitrogens is 1. The van der Waals surface area contributed by atoms with E-state index in [0.717, 1.165) is 18.8 Å². The van der Waals surface area contributed by atoms with Crippen LogP contribution in [0.4, 0.5) is 0 Å². The Balaban J connectivity index is 2.52. The Kier molecular flexibility index (Phi) is 5.98. The number of nitrogens with two attached hydrogens (primary N) is 1. The SMILES string of the molecule is CCCC[NH2+][C@@H](CC)c1nc2cc(Cl)ccc2c(=O)n1CC. The van der Waals surface area contributed by atoms with E-state index in [2.05, 4.69) is 19.2 Å². The molecule has 2 N–H and O–H groups in total. The second-order valence-electron chi connectivity index (χ2n) is 5.57. The van der Waals surface area contributed by atoms with E-state index >= 15 is 0 Å². The Hall–Kier alpha value is -1.39. The number of rotatable bonds is 7. The fourth-order valence-electron chi connectivity index (χ4n) is 2.78. The molecule has 4 nitrogen and oxygen atoms in total. The Bertz CT molecular complexity index is 696. The van der Waals surface area contributed by atoms with Crippen LogP contribution >= 0.6 is 11.6 Å². The van der Waals surface area contributed by atoms with Gasteiger partial charge in [0.2, 0.25) is 0 Å². The Morgan fingerprint density at radius 2 is 2.09 bits per heavy atom. The van der Waals surface area contributed by atoms with Gasteiger partial charge in [-0.2, -0.15) is 0 Å². The zero-order chi connectivity index (χ0) is 16.1. The van der Waals surface area contributed by atoms with Gasteiger partial charge in [0.15, 0.2) is 5.82 Å². The highest BCUT2D eigenvalue weighted by atomic mass is 35.5. The van der Waals surface area contributed by atoms with E-state index in [0.29, 0.717) is 22.5 Å². The van der Waals surface area contributed by atoms with Crippen molar-refractivity contribution in [2.45, 2.75) is 52.6 Å². The summed E-state index contributed by atoms with van der Waals surface area (Å²) in [6.45, 7) is 8.02. The van der Waals surface area contributed by atoms with Crippen LogP contribution in [-0.2, 0) is 6.54 Å². The van der Waals surface area contributed by atoms with Crippen molar-refractivity contribution in [1.29, 1.82) is 0 Å². The summed E-state index contributed by atoms with van der Waals surface area (Å²) in [5.74, 6) is 0.862. The van der Waals surface area contributed by atoms with Crippen LogP contribution in [0.3, 0.4) is 0 Å². The highest BCUT2D eigenvalue weighted by Gasteiger charge is 2.20. The second kappa shape index (κ2) is 7.75. The maximum atomic E-state index is 12.7. The van der Waals surface area contributed by atoms with Crippen molar-refractivity contribution in [2.24, 2.45) is 0 Å². The van der Waals surface area contributed by atoms with Crippen LogP contribution < -0.4 is 10.9 Å². The minimum Gasteiger partial charge on any atom is -0.338 e. The molecule has 5 heteroatoms. The van der Waals surface area contributed by atoms with Crippen molar-refractivity contribution >= 4 is 22.5 Å². The average molecular weight is 323 g/mol. The van der Waals surface area contributed by atoms with Crippen molar-refractivity contribution in [3.63, 3.8) is 0 Å². The van der Waals surface area contributed by atoms with Gasteiger partial charge in [-0.05, 0) is 31.5 Å². The molecule has 22 heavy (non-hydrogen) atoms. The number of halogens is 1. The molecule has 2 aromatic rings. The molecule has 1 aromatic carbocycles. The van der Waals surface area contributed by atoms with Crippen molar-refractivity contribution in [2.75, 3.05) is 6.54 Å². The molecule has 0 fully saturated rings. The highest BCUT2D eigenvalue weighted by Crippen LogP contribution is 2.18. The minimum absolute atomic E-state index is 0.0292. The number of unbranched alkanes of at least 4 members (excludes halogenated alkanes) is 1. The molecule has 0 amide bonds. The van der Waals surface area contributed by atoms with Crippen molar-refractivity contribution < 1.29 is 5.32 Å². The quantitative estimate of drug-likeness (QED) is 0.797. The lowest BCUT2D eigenvalue weighted by molar-refractivity contribution is -0.698. The zero-order valence-electron chi connectivity index (χ0n) is 13.6. The van der Waals surface area contributed by atoms with E-state index in [-0.39, 0.29) is 11.6 Å². The molecule has 0 radical (unpaired) electrons. The smallest absolute Gasteiger partial charge is 0.261 e. The lowest BCUT2D eigenvalue weighted by Crippen LogP contribution is -2.85. The summed E-state index contributed by atoms with van der Waals surface area (Å²) in [4.78, 5) is 17.5. The summed E-state index contributed by atoms with van der Waals surface area (Å²) >= 11 is 6.06. The third-order valence-electron chi connectivity index (χ3n) is 4.04. The standard InChI is InChI=1S/C17H24ClN3O/c1-4-7-10-19-14(5-2)16-20-15-11-12(18)8-9-13(15)17(22)21(16)6-3/h8-9,11,14,19H,4-7,10H2,1-3H3/p+1/t14-/m0/s1. The van der Waals surface area contributed by atoms with E-state index in [9.17, 15) is 4.79 Å². The van der Waals surface area contributed by atoms with E-state index in [1.54, 1.807) is 22.8 Å². The maximum Gasteiger partial charge on any atom is 0.261 e. The predicted octanol–water partition coefficient (Wildman–Crippen LogP) is 2.88. The fourth-order valence-corrected chi connectivity index (χ4v) is 2.94. The van der Waals surface area contributed by atoms with Gasteiger partial charge >= 0.3 is 0 Å². The van der Waals surface area contributed by atoms with Gasteiger partial charge in [0.1, 0.15) is 6.04 Å². The molecule has 120 valence electrons. The Morgan fingerprint density at radius 1 is 1.32 bits per heavy atom. The summed E-state index contributed by atoms with van der Waals surface area (Å²) in [5, 5.41) is 3.55. The molecular formula is C17H25ClN3O+. The molecule has 0 aliphatic carbocycles. The maximum absolute atomic E-state index is 12.7. The molecule has 2 rings (SSSR count). The van der Waals surface area contributed by atoms with Gasteiger partial charge in [-0.3, -0.25) is 9.36 Å². The van der Waals surface area contributed by atoms with Crippen LogP contribution in [0.25, 0.3) is 10.9 Å². The molecule has 1 heterocycles. The summed E-state index contributed by atoms with van der Waals surface area (Å²) in [5.41, 5.74) is 0.723. The monoisotopic (exact) mass is 322 g/mol. The number of hydrogen-bond acceptors (Lipinski definition) is 2. The number of benzene rings is 1. The summed E-state index contributed by atoms with van der Waals surface area (Å²) in [7, 11) is 0. The number of hydrogen-bond donors (Lipinski definition) is 1. The molecule has 0 bridgehead atoms. The van der Waals surface area contributed by atoms with Crippen LogP contribution in [0.2, 0.25) is 5.02 Å². The molecule has 0 saturated heterocycles.